The van der Waals surface area contributed by atoms with Crippen molar-refractivity contribution in [1.82, 2.24) is 14.9 Å². The fraction of sp³-hybridized carbons (Fsp3) is 0.143. The van der Waals surface area contributed by atoms with Crippen LogP contribution in [0.25, 0.3) is 6.08 Å². The van der Waals surface area contributed by atoms with E-state index >= 15 is 0 Å². The van der Waals surface area contributed by atoms with Gasteiger partial charge in [0.25, 0.3) is 0 Å². The Labute approximate surface area is 166 Å². The van der Waals surface area contributed by atoms with Crippen LogP contribution in [0.1, 0.15) is 23.0 Å². The van der Waals surface area contributed by atoms with Crippen molar-refractivity contribution in [3.8, 4) is 5.75 Å². The van der Waals surface area contributed by atoms with E-state index in [1.54, 1.807) is 19.4 Å². The van der Waals surface area contributed by atoms with Gasteiger partial charge >= 0.3 is 0 Å². The summed E-state index contributed by atoms with van der Waals surface area (Å²) in [6.45, 7) is 0. The van der Waals surface area contributed by atoms with Gasteiger partial charge in [0.1, 0.15) is 17.6 Å². The number of halogens is 1. The minimum absolute atomic E-state index is 0.199. The highest BCUT2D eigenvalue weighted by molar-refractivity contribution is 9.10. The molecule has 5 nitrogen and oxygen atoms in total. The zero-order valence-electron chi connectivity index (χ0n) is 15.1. The normalized spacial score (nSPS) is 12.1. The summed E-state index contributed by atoms with van der Waals surface area (Å²) in [6.07, 6.45) is 6.88. The van der Waals surface area contributed by atoms with E-state index in [4.69, 9.17) is 4.74 Å². The van der Waals surface area contributed by atoms with Crippen LogP contribution in [-0.4, -0.2) is 22.6 Å². The van der Waals surface area contributed by atoms with E-state index in [0.29, 0.717) is 0 Å². The van der Waals surface area contributed by atoms with E-state index < -0.39 is 0 Å². The molecular formula is C21H20BrN3O2. The maximum Gasteiger partial charge on any atom is 0.244 e. The van der Waals surface area contributed by atoms with Gasteiger partial charge in [-0.3, -0.25) is 4.79 Å². The summed E-state index contributed by atoms with van der Waals surface area (Å²) >= 11 is 3.48. The fourth-order valence-electron chi connectivity index (χ4n) is 2.71. The Hall–Kier alpha value is -2.86. The number of hydrogen-bond donors (Lipinski definition) is 1. The summed E-state index contributed by atoms with van der Waals surface area (Å²) in [7, 11) is 3.53. The lowest BCUT2D eigenvalue weighted by Crippen LogP contribution is -2.29. The molecule has 0 saturated carbocycles. The van der Waals surface area contributed by atoms with E-state index in [1.165, 1.54) is 6.08 Å². The minimum atomic E-state index is -0.368. The first-order valence-electron chi connectivity index (χ1n) is 8.43. The number of benzene rings is 2. The highest BCUT2D eigenvalue weighted by Gasteiger charge is 2.20. The van der Waals surface area contributed by atoms with E-state index in [-0.39, 0.29) is 11.9 Å². The number of imidazole rings is 1. The largest absolute Gasteiger partial charge is 0.497 e. The zero-order valence-corrected chi connectivity index (χ0v) is 16.7. The molecule has 1 aromatic heterocycles. The molecule has 0 radical (unpaired) electrons. The molecule has 0 aliphatic heterocycles. The molecule has 1 atom stereocenters. The van der Waals surface area contributed by atoms with Crippen LogP contribution in [0, 0.1) is 0 Å². The number of carbonyl (C=O) groups is 1. The monoisotopic (exact) mass is 425 g/mol. The first kappa shape index (κ1) is 18.9. The lowest BCUT2D eigenvalue weighted by Gasteiger charge is -2.18. The molecule has 2 aromatic carbocycles. The number of amides is 1. The summed E-state index contributed by atoms with van der Waals surface area (Å²) in [6, 6.07) is 15.0. The predicted molar refractivity (Wildman–Crippen MR) is 109 cm³/mol. The summed E-state index contributed by atoms with van der Waals surface area (Å²) in [5.41, 5.74) is 1.86. The van der Waals surface area contributed by atoms with Crippen LogP contribution in [0.15, 0.2) is 71.5 Å². The van der Waals surface area contributed by atoms with Crippen molar-refractivity contribution in [2.75, 3.05) is 7.11 Å². The van der Waals surface area contributed by atoms with Gasteiger partial charge < -0.3 is 14.6 Å². The lowest BCUT2D eigenvalue weighted by molar-refractivity contribution is -0.117. The molecule has 0 saturated heterocycles. The standard InChI is InChI=1S/C21H20BrN3O2/c1-25-14-13-23-21(25)20(16-7-10-17(27-2)11-8-16)24-19(26)12-9-15-5-3-4-6-18(15)22/h3-14,20H,1-2H3,(H,24,26)/b12-9+. The maximum absolute atomic E-state index is 12.6. The predicted octanol–water partition coefficient (Wildman–Crippen LogP) is 4.11. The van der Waals surface area contributed by atoms with Gasteiger partial charge in [-0.05, 0) is 35.4 Å². The number of hydrogen-bond acceptors (Lipinski definition) is 3. The van der Waals surface area contributed by atoms with Crippen molar-refractivity contribution in [2.24, 2.45) is 7.05 Å². The smallest absolute Gasteiger partial charge is 0.244 e. The van der Waals surface area contributed by atoms with Gasteiger partial charge in [-0.2, -0.15) is 0 Å². The second-order valence-electron chi connectivity index (χ2n) is 5.97. The molecule has 3 rings (SSSR count). The Morgan fingerprint density at radius 3 is 2.59 bits per heavy atom. The lowest BCUT2D eigenvalue weighted by atomic mass is 10.1. The molecule has 0 fully saturated rings. The average molecular weight is 426 g/mol. The molecule has 0 aliphatic carbocycles. The van der Waals surface area contributed by atoms with Gasteiger partial charge in [0.2, 0.25) is 5.91 Å². The summed E-state index contributed by atoms with van der Waals surface area (Å²) < 4.78 is 8.05. The Balaban J connectivity index is 1.84. The number of aromatic nitrogens is 2. The second-order valence-corrected chi connectivity index (χ2v) is 6.82. The number of nitrogens with one attached hydrogen (secondary N) is 1. The molecule has 138 valence electrons. The molecule has 1 heterocycles. The third-order valence-corrected chi connectivity index (χ3v) is 4.89. The zero-order chi connectivity index (χ0) is 19.2. The minimum Gasteiger partial charge on any atom is -0.497 e. The summed E-state index contributed by atoms with van der Waals surface area (Å²) in [5, 5.41) is 3.04. The van der Waals surface area contributed by atoms with Crippen molar-refractivity contribution in [2.45, 2.75) is 6.04 Å². The Morgan fingerprint density at radius 1 is 1.22 bits per heavy atom. The van der Waals surface area contributed by atoms with E-state index in [9.17, 15) is 4.79 Å². The Kier molecular flexibility index (Phi) is 6.08. The van der Waals surface area contributed by atoms with Crippen molar-refractivity contribution >= 4 is 27.9 Å². The topological polar surface area (TPSA) is 56.1 Å². The molecule has 0 spiro atoms. The number of aryl methyl sites for hydroxylation is 1. The number of ether oxygens (including phenoxy) is 1. The molecule has 1 N–H and O–H groups in total. The SMILES string of the molecule is COc1ccc(C(NC(=O)/C=C/c2ccccc2Br)c2nccn2C)cc1. The van der Waals surface area contributed by atoms with Gasteiger partial charge in [-0.15, -0.1) is 0 Å². The van der Waals surface area contributed by atoms with E-state index in [1.807, 2.05) is 66.3 Å². The number of carbonyl (C=O) groups excluding carboxylic acids is 1. The van der Waals surface area contributed by atoms with Crippen molar-refractivity contribution in [3.05, 3.63) is 88.4 Å². The number of rotatable bonds is 6. The molecular weight excluding hydrogens is 406 g/mol. The Bertz CT molecular complexity index is 948. The first-order valence-corrected chi connectivity index (χ1v) is 9.22. The van der Waals surface area contributed by atoms with Crippen LogP contribution < -0.4 is 10.1 Å². The second kappa shape index (κ2) is 8.68. The molecule has 0 bridgehead atoms. The molecule has 27 heavy (non-hydrogen) atoms. The Morgan fingerprint density at radius 2 is 1.96 bits per heavy atom. The van der Waals surface area contributed by atoms with Gasteiger partial charge in [0, 0.05) is 30.0 Å². The van der Waals surface area contributed by atoms with Gasteiger partial charge in [0.15, 0.2) is 0 Å². The summed E-state index contributed by atoms with van der Waals surface area (Å²) in [5.74, 6) is 1.31. The third kappa shape index (κ3) is 4.65. The van der Waals surface area contributed by atoms with E-state index in [2.05, 4.69) is 26.2 Å². The highest BCUT2D eigenvalue weighted by Crippen LogP contribution is 2.23. The van der Waals surface area contributed by atoms with Crippen LogP contribution in [0.5, 0.6) is 5.75 Å². The molecule has 1 amide bonds. The average Bonchev–Trinajstić information content (AvgIpc) is 3.11. The van der Waals surface area contributed by atoms with Crippen LogP contribution in [-0.2, 0) is 11.8 Å². The maximum atomic E-state index is 12.6. The molecule has 6 heteroatoms. The van der Waals surface area contributed by atoms with Crippen molar-refractivity contribution in [3.63, 3.8) is 0 Å². The summed E-state index contributed by atoms with van der Waals surface area (Å²) in [4.78, 5) is 17.0. The van der Waals surface area contributed by atoms with E-state index in [0.717, 1.165) is 27.2 Å². The molecule has 3 aromatic rings. The van der Waals surface area contributed by atoms with Gasteiger partial charge in [-0.1, -0.05) is 46.3 Å². The van der Waals surface area contributed by atoms with Crippen molar-refractivity contribution in [1.29, 1.82) is 0 Å². The highest BCUT2D eigenvalue weighted by atomic mass is 79.9. The van der Waals surface area contributed by atoms with Crippen LogP contribution >= 0.6 is 15.9 Å². The van der Waals surface area contributed by atoms with Crippen molar-refractivity contribution < 1.29 is 9.53 Å². The number of nitrogens with zero attached hydrogens (tertiary/aromatic N) is 2. The van der Waals surface area contributed by atoms with Gasteiger partial charge in [0.05, 0.1) is 7.11 Å². The van der Waals surface area contributed by atoms with Crippen LogP contribution in [0.2, 0.25) is 0 Å². The number of methoxy groups -OCH3 is 1. The first-order chi connectivity index (χ1) is 13.1. The third-order valence-electron chi connectivity index (χ3n) is 4.17. The quantitative estimate of drug-likeness (QED) is 0.604. The fourth-order valence-corrected chi connectivity index (χ4v) is 3.13. The molecule has 1 unspecified atom stereocenters. The molecule has 0 aliphatic rings. The van der Waals surface area contributed by atoms with Crippen LogP contribution in [0.3, 0.4) is 0 Å². The van der Waals surface area contributed by atoms with Crippen LogP contribution in [0.4, 0.5) is 0 Å². The van der Waals surface area contributed by atoms with Gasteiger partial charge in [-0.25, -0.2) is 4.98 Å².